The fourth-order valence-electron chi connectivity index (χ4n) is 4.65. The van der Waals surface area contributed by atoms with E-state index in [9.17, 15) is 9.59 Å². The molecule has 1 aliphatic rings. The van der Waals surface area contributed by atoms with Crippen LogP contribution in [0.2, 0.25) is 0 Å². The molecule has 0 saturated carbocycles. The molecule has 0 unspecified atom stereocenters. The highest BCUT2D eigenvalue weighted by atomic mass is 79.9. The van der Waals surface area contributed by atoms with Crippen molar-refractivity contribution in [2.75, 3.05) is 6.61 Å². The van der Waals surface area contributed by atoms with Gasteiger partial charge in [0.15, 0.2) is 0 Å². The molecule has 37 heavy (non-hydrogen) atoms. The molecule has 0 fully saturated rings. The summed E-state index contributed by atoms with van der Waals surface area (Å²) >= 11 is 3.47. The summed E-state index contributed by atoms with van der Waals surface area (Å²) in [6.07, 6.45) is 0.486. The second-order valence-electron chi connectivity index (χ2n) is 9.88. The average Bonchev–Trinajstić information content (AvgIpc) is 3.37. The maximum absolute atomic E-state index is 12.7. The van der Waals surface area contributed by atoms with Gasteiger partial charge in [-0.15, -0.1) is 0 Å². The minimum atomic E-state index is -0.682. The number of amides is 1. The van der Waals surface area contributed by atoms with E-state index in [0.29, 0.717) is 11.1 Å². The predicted molar refractivity (Wildman–Crippen MR) is 144 cm³/mol. The lowest BCUT2D eigenvalue weighted by Crippen LogP contribution is -2.27. The van der Waals surface area contributed by atoms with Crippen LogP contribution >= 0.6 is 15.9 Å². The maximum atomic E-state index is 12.7. The number of fused-ring (bicyclic) bond motifs is 4. The summed E-state index contributed by atoms with van der Waals surface area (Å²) in [5.41, 5.74) is 7.71. The summed E-state index contributed by atoms with van der Waals surface area (Å²) in [5.74, 6) is -0.0395. The van der Waals surface area contributed by atoms with E-state index in [2.05, 4.69) is 45.7 Å². The number of hydrogen-bond acceptors (Lipinski definition) is 5. The molecule has 0 aliphatic heterocycles. The van der Waals surface area contributed by atoms with Crippen LogP contribution in [-0.2, 0) is 20.9 Å². The Bertz CT molecular complexity index is 1440. The first-order valence-corrected chi connectivity index (χ1v) is 12.8. The van der Waals surface area contributed by atoms with E-state index in [4.69, 9.17) is 14.3 Å². The summed E-state index contributed by atoms with van der Waals surface area (Å²) in [4.78, 5) is 30.7. The van der Waals surface area contributed by atoms with Gasteiger partial charge in [0.1, 0.15) is 18.8 Å². The first-order chi connectivity index (χ1) is 17.7. The summed E-state index contributed by atoms with van der Waals surface area (Å²) in [6.45, 7) is 5.67. The van der Waals surface area contributed by atoms with Gasteiger partial charge in [-0.1, -0.05) is 64.5 Å². The molecule has 0 bridgehead atoms. The number of hydroxylamine groups is 1. The van der Waals surface area contributed by atoms with Gasteiger partial charge in [-0.25, -0.2) is 9.59 Å². The number of carbonyl (C=O) groups excluding carboxylic acids is 2. The number of nitrogens with one attached hydrogen (secondary N) is 1. The lowest BCUT2D eigenvalue weighted by atomic mass is 9.98. The molecule has 1 heterocycles. The van der Waals surface area contributed by atoms with E-state index in [0.717, 1.165) is 32.1 Å². The fourth-order valence-corrected chi connectivity index (χ4v) is 5.01. The highest BCUT2D eigenvalue weighted by molar-refractivity contribution is 9.10. The van der Waals surface area contributed by atoms with E-state index in [1.165, 1.54) is 4.57 Å². The number of aromatic nitrogens is 1. The van der Waals surface area contributed by atoms with Gasteiger partial charge in [0.2, 0.25) is 0 Å². The largest absolute Gasteiger partial charge is 0.447 e. The quantitative estimate of drug-likeness (QED) is 0.261. The van der Waals surface area contributed by atoms with E-state index in [1.807, 2.05) is 63.2 Å². The molecule has 5 rings (SSSR count). The molecular weight excluding hydrogens is 536 g/mol. The minimum absolute atomic E-state index is 0.0347. The lowest BCUT2D eigenvalue weighted by molar-refractivity contribution is 0.0180. The van der Waals surface area contributed by atoms with Crippen LogP contribution in [0, 0.1) is 0 Å². The Labute approximate surface area is 223 Å². The van der Waals surface area contributed by atoms with Gasteiger partial charge in [0, 0.05) is 27.5 Å². The second kappa shape index (κ2) is 10.0. The lowest BCUT2D eigenvalue weighted by Gasteiger charge is -2.19. The molecule has 0 radical (unpaired) electrons. The Morgan fingerprint density at radius 1 is 0.973 bits per heavy atom. The van der Waals surface area contributed by atoms with Crippen molar-refractivity contribution in [3.8, 4) is 11.1 Å². The van der Waals surface area contributed by atoms with E-state index < -0.39 is 17.8 Å². The Kier molecular flexibility index (Phi) is 6.79. The van der Waals surface area contributed by atoms with Crippen LogP contribution < -0.4 is 5.48 Å². The monoisotopic (exact) mass is 562 g/mol. The molecule has 1 aromatic heterocycles. The van der Waals surface area contributed by atoms with Crippen molar-refractivity contribution in [1.29, 1.82) is 0 Å². The van der Waals surface area contributed by atoms with Gasteiger partial charge < -0.3 is 9.47 Å². The minimum Gasteiger partial charge on any atom is -0.447 e. The normalized spacial score (nSPS) is 12.8. The fraction of sp³-hybridized carbons (Fsp3) is 0.241. The first-order valence-electron chi connectivity index (χ1n) is 12.0. The number of nitrogens with zero attached hydrogens (tertiary/aromatic N) is 1. The van der Waals surface area contributed by atoms with E-state index in [1.54, 1.807) is 6.20 Å². The topological polar surface area (TPSA) is 78.8 Å². The molecule has 8 heteroatoms. The molecule has 0 saturated heterocycles. The molecule has 1 N–H and O–H groups in total. The number of carbonyl (C=O) groups is 2. The molecule has 4 aromatic rings. The third-order valence-electron chi connectivity index (χ3n) is 6.17. The van der Waals surface area contributed by atoms with Crippen LogP contribution in [0.3, 0.4) is 0 Å². The molecule has 7 nitrogen and oxygen atoms in total. The summed E-state index contributed by atoms with van der Waals surface area (Å²) in [6, 6.07) is 21.9. The highest BCUT2D eigenvalue weighted by Crippen LogP contribution is 2.44. The number of halogens is 1. The van der Waals surface area contributed by atoms with Gasteiger partial charge in [0.25, 0.3) is 0 Å². The van der Waals surface area contributed by atoms with Gasteiger partial charge in [-0.05, 0) is 61.2 Å². The summed E-state index contributed by atoms with van der Waals surface area (Å²) in [5, 5.41) is 0.801. The molecule has 1 amide bonds. The number of ether oxygens (including phenoxy) is 2. The van der Waals surface area contributed by atoms with Crippen molar-refractivity contribution >= 4 is 39.0 Å². The second-order valence-corrected chi connectivity index (χ2v) is 10.8. The van der Waals surface area contributed by atoms with Crippen LogP contribution in [0.1, 0.15) is 43.4 Å². The van der Waals surface area contributed by atoms with Crippen molar-refractivity contribution in [3.63, 3.8) is 0 Å². The van der Waals surface area contributed by atoms with Crippen molar-refractivity contribution in [1.82, 2.24) is 10.0 Å². The molecular formula is C29H27BrN2O5. The Hall–Kier alpha value is -3.62. The standard InChI is InChI=1S/C29H27BrN2O5/c1-29(2,3)37-28(34)32-15-18(24-14-19(30)12-13-26(24)32)16-36-31-27(33)35-17-25-22-10-6-4-8-20(22)21-9-5-7-11-23(21)25/h4-15,25H,16-17H2,1-3H3,(H,31,33). The first kappa shape index (κ1) is 25.0. The highest BCUT2D eigenvalue weighted by Gasteiger charge is 2.29. The molecule has 190 valence electrons. The predicted octanol–water partition coefficient (Wildman–Crippen LogP) is 7.16. The zero-order valence-electron chi connectivity index (χ0n) is 20.8. The van der Waals surface area contributed by atoms with Crippen molar-refractivity contribution in [3.05, 3.63) is 94.1 Å². The Morgan fingerprint density at radius 2 is 1.62 bits per heavy atom. The zero-order chi connectivity index (χ0) is 26.2. The van der Waals surface area contributed by atoms with E-state index in [-0.39, 0.29) is 19.1 Å². The Morgan fingerprint density at radius 3 is 2.27 bits per heavy atom. The van der Waals surface area contributed by atoms with Gasteiger partial charge >= 0.3 is 12.2 Å². The van der Waals surface area contributed by atoms with Crippen LogP contribution in [0.5, 0.6) is 0 Å². The summed E-state index contributed by atoms with van der Waals surface area (Å²) in [7, 11) is 0. The third kappa shape index (κ3) is 5.26. The van der Waals surface area contributed by atoms with Crippen molar-refractivity contribution in [2.45, 2.75) is 38.9 Å². The average molecular weight is 563 g/mol. The number of rotatable bonds is 5. The third-order valence-corrected chi connectivity index (χ3v) is 6.66. The molecule has 1 aliphatic carbocycles. The Balaban J connectivity index is 1.24. The van der Waals surface area contributed by atoms with Crippen LogP contribution in [0.4, 0.5) is 9.59 Å². The SMILES string of the molecule is CC(C)(C)OC(=O)n1cc(CONC(=O)OCC2c3ccccc3-c3ccccc32)c2cc(Br)ccc21. The van der Waals surface area contributed by atoms with Crippen LogP contribution in [0.25, 0.3) is 22.0 Å². The smallest absolute Gasteiger partial charge is 0.431 e. The van der Waals surface area contributed by atoms with Crippen molar-refractivity contribution in [2.24, 2.45) is 0 Å². The van der Waals surface area contributed by atoms with Crippen molar-refractivity contribution < 1.29 is 23.9 Å². The van der Waals surface area contributed by atoms with Crippen LogP contribution in [0.15, 0.2) is 77.4 Å². The van der Waals surface area contributed by atoms with Gasteiger partial charge in [-0.3, -0.25) is 9.40 Å². The number of hydrogen-bond donors (Lipinski definition) is 1. The van der Waals surface area contributed by atoms with E-state index >= 15 is 0 Å². The molecule has 3 aromatic carbocycles. The molecule has 0 atom stereocenters. The zero-order valence-corrected chi connectivity index (χ0v) is 22.4. The summed E-state index contributed by atoms with van der Waals surface area (Å²) < 4.78 is 13.3. The number of benzene rings is 3. The van der Waals surface area contributed by atoms with Gasteiger partial charge in [-0.2, -0.15) is 5.48 Å². The maximum Gasteiger partial charge on any atom is 0.431 e. The van der Waals surface area contributed by atoms with Crippen LogP contribution in [-0.4, -0.2) is 29.0 Å². The molecule has 0 spiro atoms. The van der Waals surface area contributed by atoms with Gasteiger partial charge in [0.05, 0.1) is 5.52 Å².